The molecule has 1 aromatic carbocycles. The second kappa shape index (κ2) is 5.10. The van der Waals surface area contributed by atoms with Gasteiger partial charge in [0.05, 0.1) is 11.0 Å². The summed E-state index contributed by atoms with van der Waals surface area (Å²) in [5, 5.41) is 0. The van der Waals surface area contributed by atoms with E-state index in [4.69, 9.17) is 9.41 Å². The maximum Gasteiger partial charge on any atom is 0.206 e. The lowest BCUT2D eigenvalue weighted by molar-refractivity contribution is 0.0796. The van der Waals surface area contributed by atoms with Gasteiger partial charge in [0.15, 0.2) is 0 Å². The lowest BCUT2D eigenvalue weighted by Crippen LogP contribution is -2.26. The Labute approximate surface area is 117 Å². The first-order chi connectivity index (χ1) is 8.79. The molecule has 0 amide bonds. The fourth-order valence-electron chi connectivity index (χ4n) is 2.20. The maximum absolute atomic E-state index is 6.18. The molecular weight excluding hydrogens is 252 g/mol. The van der Waals surface area contributed by atoms with Crippen LogP contribution in [-0.4, -0.2) is 19.0 Å². The second-order valence-corrected chi connectivity index (χ2v) is 8.42. The summed E-state index contributed by atoms with van der Waals surface area (Å²) in [5.41, 5.74) is 3.38. The van der Waals surface area contributed by atoms with Gasteiger partial charge in [-0.05, 0) is 37.1 Å². The highest BCUT2D eigenvalue weighted by Gasteiger charge is 2.30. The molecule has 0 aliphatic carbocycles. The molecule has 0 aliphatic rings. The standard InChI is InChI=1S/C15H23N2OSi/c1-10-8-7-9-11-12(10)17-14(16-11)13(15(2,3)4)18-19(5)6/h7-9,13H,1-6H3,(H,16,17). The Morgan fingerprint density at radius 1 is 1.26 bits per heavy atom. The third-order valence-electron chi connectivity index (χ3n) is 3.12. The van der Waals surface area contributed by atoms with Crippen LogP contribution >= 0.6 is 0 Å². The van der Waals surface area contributed by atoms with Crippen molar-refractivity contribution in [1.29, 1.82) is 0 Å². The third-order valence-corrected chi connectivity index (χ3v) is 3.83. The van der Waals surface area contributed by atoms with Crippen molar-refractivity contribution in [1.82, 2.24) is 9.97 Å². The summed E-state index contributed by atoms with van der Waals surface area (Å²) >= 11 is 0. The lowest BCUT2D eigenvalue weighted by Gasteiger charge is -2.30. The fourth-order valence-corrected chi connectivity index (χ4v) is 3.13. The number of aryl methyl sites for hydroxylation is 1. The number of benzene rings is 1. The molecular formula is C15H23N2OSi. The van der Waals surface area contributed by atoms with E-state index in [9.17, 15) is 0 Å². The molecule has 1 radical (unpaired) electrons. The van der Waals surface area contributed by atoms with E-state index in [-0.39, 0.29) is 11.5 Å². The molecule has 0 bridgehead atoms. The fraction of sp³-hybridized carbons (Fsp3) is 0.533. The predicted molar refractivity (Wildman–Crippen MR) is 81.6 cm³/mol. The molecule has 0 saturated heterocycles. The van der Waals surface area contributed by atoms with Gasteiger partial charge in [0.2, 0.25) is 9.04 Å². The highest BCUT2D eigenvalue weighted by Crippen LogP contribution is 2.36. The third kappa shape index (κ3) is 3.07. The number of hydrogen-bond acceptors (Lipinski definition) is 2. The zero-order valence-corrected chi connectivity index (χ0v) is 13.7. The summed E-state index contributed by atoms with van der Waals surface area (Å²) < 4.78 is 6.18. The number of para-hydroxylation sites is 1. The van der Waals surface area contributed by atoms with Gasteiger partial charge in [-0.1, -0.05) is 32.9 Å². The monoisotopic (exact) mass is 275 g/mol. The Morgan fingerprint density at radius 2 is 1.95 bits per heavy atom. The second-order valence-electron chi connectivity index (χ2n) is 6.37. The van der Waals surface area contributed by atoms with Crippen molar-refractivity contribution in [3.63, 3.8) is 0 Å². The largest absolute Gasteiger partial charge is 0.407 e. The summed E-state index contributed by atoms with van der Waals surface area (Å²) in [6.07, 6.45) is 0.0168. The Balaban J connectivity index is 2.47. The normalized spacial score (nSPS) is 14.3. The van der Waals surface area contributed by atoms with E-state index in [1.807, 2.05) is 0 Å². The molecule has 0 fully saturated rings. The summed E-state index contributed by atoms with van der Waals surface area (Å²) in [6, 6.07) is 6.22. The van der Waals surface area contributed by atoms with Crippen LogP contribution in [-0.2, 0) is 4.43 Å². The van der Waals surface area contributed by atoms with Crippen LogP contribution < -0.4 is 0 Å². The first-order valence-electron chi connectivity index (χ1n) is 6.71. The number of nitrogens with zero attached hydrogens (tertiary/aromatic N) is 1. The summed E-state index contributed by atoms with van der Waals surface area (Å²) in [7, 11) is -0.770. The van der Waals surface area contributed by atoms with Crippen LogP contribution in [0, 0.1) is 12.3 Å². The van der Waals surface area contributed by atoms with Gasteiger partial charge in [-0.3, -0.25) is 0 Å². The van der Waals surface area contributed by atoms with Crippen molar-refractivity contribution in [2.45, 2.75) is 46.9 Å². The van der Waals surface area contributed by atoms with Gasteiger partial charge >= 0.3 is 0 Å². The average molecular weight is 275 g/mol. The summed E-state index contributed by atoms with van der Waals surface area (Å²) in [4.78, 5) is 8.20. The molecule has 1 N–H and O–H groups in total. The zero-order valence-electron chi connectivity index (χ0n) is 12.7. The number of hydrogen-bond donors (Lipinski definition) is 1. The number of imidazole rings is 1. The molecule has 2 aromatic rings. The van der Waals surface area contributed by atoms with Crippen LogP contribution in [0.15, 0.2) is 18.2 Å². The number of rotatable bonds is 3. The van der Waals surface area contributed by atoms with Crippen LogP contribution in [0.2, 0.25) is 13.1 Å². The molecule has 0 spiro atoms. The van der Waals surface area contributed by atoms with Crippen molar-refractivity contribution in [2.75, 3.05) is 0 Å². The van der Waals surface area contributed by atoms with Crippen LogP contribution in [0.5, 0.6) is 0 Å². The number of H-pyrrole nitrogens is 1. The number of aromatic nitrogens is 2. The molecule has 3 nitrogen and oxygen atoms in total. The minimum atomic E-state index is -0.770. The quantitative estimate of drug-likeness (QED) is 0.851. The molecule has 1 aromatic heterocycles. The molecule has 1 unspecified atom stereocenters. The highest BCUT2D eigenvalue weighted by molar-refractivity contribution is 6.48. The Bertz CT molecular complexity index is 569. The van der Waals surface area contributed by atoms with Gasteiger partial charge in [0, 0.05) is 0 Å². The van der Waals surface area contributed by atoms with Gasteiger partial charge in [-0.25, -0.2) is 4.98 Å². The minimum absolute atomic E-state index is 0.0168. The van der Waals surface area contributed by atoms with Gasteiger partial charge < -0.3 is 9.41 Å². The molecule has 103 valence electrons. The molecule has 4 heteroatoms. The topological polar surface area (TPSA) is 37.9 Å². The number of fused-ring (bicyclic) bond motifs is 1. The SMILES string of the molecule is Cc1cccc2[nH]c(C(O[Si](C)C)C(C)(C)C)nc12. The van der Waals surface area contributed by atoms with E-state index in [1.165, 1.54) is 5.56 Å². The van der Waals surface area contributed by atoms with E-state index in [2.05, 4.69) is 64.0 Å². The Morgan fingerprint density at radius 3 is 2.47 bits per heavy atom. The van der Waals surface area contributed by atoms with E-state index in [0.717, 1.165) is 16.9 Å². The first-order valence-corrected chi connectivity index (χ1v) is 9.12. The highest BCUT2D eigenvalue weighted by atomic mass is 28.3. The van der Waals surface area contributed by atoms with Gasteiger partial charge in [0.25, 0.3) is 0 Å². The van der Waals surface area contributed by atoms with Crippen molar-refractivity contribution in [3.05, 3.63) is 29.6 Å². The van der Waals surface area contributed by atoms with E-state index in [1.54, 1.807) is 0 Å². The van der Waals surface area contributed by atoms with Crippen molar-refractivity contribution < 1.29 is 4.43 Å². The molecule has 0 saturated carbocycles. The summed E-state index contributed by atoms with van der Waals surface area (Å²) in [6.45, 7) is 13.0. The molecule has 19 heavy (non-hydrogen) atoms. The van der Waals surface area contributed by atoms with Crippen molar-refractivity contribution in [2.24, 2.45) is 5.41 Å². The maximum atomic E-state index is 6.18. The Kier molecular flexibility index (Phi) is 3.83. The molecule has 1 heterocycles. The van der Waals surface area contributed by atoms with Crippen LogP contribution in [0.4, 0.5) is 0 Å². The number of nitrogens with one attached hydrogen (secondary N) is 1. The smallest absolute Gasteiger partial charge is 0.206 e. The predicted octanol–water partition coefficient (Wildman–Crippen LogP) is 4.23. The van der Waals surface area contributed by atoms with Crippen LogP contribution in [0.3, 0.4) is 0 Å². The van der Waals surface area contributed by atoms with Crippen molar-refractivity contribution >= 4 is 20.1 Å². The van der Waals surface area contributed by atoms with Crippen LogP contribution in [0.1, 0.15) is 38.3 Å². The van der Waals surface area contributed by atoms with E-state index < -0.39 is 9.04 Å². The minimum Gasteiger partial charge on any atom is -0.407 e. The van der Waals surface area contributed by atoms with Gasteiger partial charge in [0.1, 0.15) is 11.9 Å². The van der Waals surface area contributed by atoms with E-state index in [0.29, 0.717) is 0 Å². The zero-order chi connectivity index (χ0) is 14.2. The lowest BCUT2D eigenvalue weighted by atomic mass is 9.89. The Hall–Kier alpha value is -1.13. The summed E-state index contributed by atoms with van der Waals surface area (Å²) in [5.74, 6) is 0.947. The van der Waals surface area contributed by atoms with Gasteiger partial charge in [-0.2, -0.15) is 0 Å². The first kappa shape index (κ1) is 14.3. The van der Waals surface area contributed by atoms with E-state index >= 15 is 0 Å². The number of aromatic amines is 1. The van der Waals surface area contributed by atoms with Crippen molar-refractivity contribution in [3.8, 4) is 0 Å². The van der Waals surface area contributed by atoms with Crippen LogP contribution in [0.25, 0.3) is 11.0 Å². The molecule has 0 aliphatic heterocycles. The molecule has 1 atom stereocenters. The van der Waals surface area contributed by atoms with Gasteiger partial charge in [-0.15, -0.1) is 0 Å². The molecule has 2 rings (SSSR count). The average Bonchev–Trinajstić information content (AvgIpc) is 2.69.